The van der Waals surface area contributed by atoms with Crippen molar-refractivity contribution in [1.29, 1.82) is 0 Å². The van der Waals surface area contributed by atoms with Crippen LogP contribution in [0.3, 0.4) is 0 Å². The van der Waals surface area contributed by atoms with Gasteiger partial charge in [-0.2, -0.15) is 0 Å². The summed E-state index contributed by atoms with van der Waals surface area (Å²) in [6, 6.07) is 10.5. The summed E-state index contributed by atoms with van der Waals surface area (Å²) in [6.45, 7) is 10.7. The van der Waals surface area contributed by atoms with Crippen LogP contribution in [0.1, 0.15) is 45.6 Å². The quantitative estimate of drug-likeness (QED) is 0.870. The average molecular weight is 332 g/mol. The van der Waals surface area contributed by atoms with E-state index < -0.39 is 0 Å². The van der Waals surface area contributed by atoms with Crippen molar-refractivity contribution < 1.29 is 9.53 Å². The zero-order valence-corrected chi connectivity index (χ0v) is 15.4. The molecular weight excluding hydrogens is 300 g/mol. The predicted octanol–water partition coefficient (Wildman–Crippen LogP) is 3.22. The van der Waals surface area contributed by atoms with Gasteiger partial charge in [-0.15, -0.1) is 0 Å². The van der Waals surface area contributed by atoms with Crippen LogP contribution in [-0.2, 0) is 16.1 Å². The van der Waals surface area contributed by atoms with E-state index in [1.165, 1.54) is 5.56 Å². The standard InChI is InChI=1S/C20H32N2O2/c1-20(2,3)11-10-19(23)21-14-18-16-22(12-7-13-24-18)15-17-8-5-4-6-9-17/h4-6,8-9,18H,7,10-16H2,1-3H3,(H,21,23). The molecule has 0 spiro atoms. The first-order valence-electron chi connectivity index (χ1n) is 9.07. The maximum absolute atomic E-state index is 12.0. The van der Waals surface area contributed by atoms with Crippen molar-refractivity contribution >= 4 is 5.91 Å². The fourth-order valence-electron chi connectivity index (χ4n) is 2.88. The Bertz CT molecular complexity index is 496. The molecule has 1 unspecified atom stereocenters. The van der Waals surface area contributed by atoms with Crippen LogP contribution in [0.5, 0.6) is 0 Å². The number of ether oxygens (including phenoxy) is 1. The third-order valence-electron chi connectivity index (χ3n) is 4.31. The second kappa shape index (κ2) is 9.19. The van der Waals surface area contributed by atoms with Gasteiger partial charge in [-0.3, -0.25) is 9.69 Å². The van der Waals surface area contributed by atoms with Crippen LogP contribution in [0.25, 0.3) is 0 Å². The summed E-state index contributed by atoms with van der Waals surface area (Å²) in [7, 11) is 0. The Kier molecular flexibility index (Phi) is 7.25. The molecule has 1 heterocycles. The average Bonchev–Trinajstić information content (AvgIpc) is 2.76. The van der Waals surface area contributed by atoms with Crippen molar-refractivity contribution in [3.05, 3.63) is 35.9 Å². The minimum absolute atomic E-state index is 0.0785. The fraction of sp³-hybridized carbons (Fsp3) is 0.650. The lowest BCUT2D eigenvalue weighted by Crippen LogP contribution is -2.40. The van der Waals surface area contributed by atoms with E-state index in [1.54, 1.807) is 0 Å². The second-order valence-corrected chi connectivity index (χ2v) is 7.93. The highest BCUT2D eigenvalue weighted by atomic mass is 16.5. The molecule has 1 aromatic rings. The SMILES string of the molecule is CC(C)(C)CCC(=O)NCC1CN(Cc2ccccc2)CCCO1. The molecule has 4 heteroatoms. The van der Waals surface area contributed by atoms with Crippen LogP contribution in [0.4, 0.5) is 0 Å². The van der Waals surface area contributed by atoms with E-state index in [9.17, 15) is 4.79 Å². The Morgan fingerprint density at radius 2 is 2.04 bits per heavy atom. The molecule has 1 amide bonds. The van der Waals surface area contributed by atoms with Crippen molar-refractivity contribution in [2.45, 2.75) is 52.7 Å². The van der Waals surface area contributed by atoms with Gasteiger partial charge in [0.05, 0.1) is 6.10 Å². The molecular formula is C20H32N2O2. The van der Waals surface area contributed by atoms with Gasteiger partial charge in [0.1, 0.15) is 0 Å². The van der Waals surface area contributed by atoms with Crippen molar-refractivity contribution in [3.63, 3.8) is 0 Å². The predicted molar refractivity (Wildman–Crippen MR) is 97.8 cm³/mol. The second-order valence-electron chi connectivity index (χ2n) is 7.93. The molecule has 1 aliphatic heterocycles. The van der Waals surface area contributed by atoms with Crippen molar-refractivity contribution in [3.8, 4) is 0 Å². The number of hydrogen-bond donors (Lipinski definition) is 1. The van der Waals surface area contributed by atoms with Gasteiger partial charge in [0.15, 0.2) is 0 Å². The van der Waals surface area contributed by atoms with Gasteiger partial charge in [-0.05, 0) is 23.8 Å². The number of amides is 1. The van der Waals surface area contributed by atoms with Crippen molar-refractivity contribution in [2.75, 3.05) is 26.2 Å². The summed E-state index contributed by atoms with van der Waals surface area (Å²) < 4.78 is 5.91. The number of carbonyl (C=O) groups is 1. The Labute approximate surface area is 146 Å². The minimum Gasteiger partial charge on any atom is -0.375 e. The maximum Gasteiger partial charge on any atom is 0.220 e. The molecule has 2 rings (SSSR count). The topological polar surface area (TPSA) is 41.6 Å². The van der Waals surface area contributed by atoms with Gasteiger partial charge in [0, 0.05) is 39.2 Å². The molecule has 1 atom stereocenters. The van der Waals surface area contributed by atoms with E-state index in [4.69, 9.17) is 4.74 Å². The number of nitrogens with one attached hydrogen (secondary N) is 1. The summed E-state index contributed by atoms with van der Waals surface area (Å²) in [6.07, 6.45) is 2.62. The maximum atomic E-state index is 12.0. The Morgan fingerprint density at radius 1 is 1.29 bits per heavy atom. The van der Waals surface area contributed by atoms with Crippen LogP contribution in [0, 0.1) is 5.41 Å². The third-order valence-corrected chi connectivity index (χ3v) is 4.31. The van der Waals surface area contributed by atoms with E-state index in [0.29, 0.717) is 13.0 Å². The van der Waals surface area contributed by atoms with E-state index in [-0.39, 0.29) is 17.4 Å². The Hall–Kier alpha value is -1.39. The summed E-state index contributed by atoms with van der Waals surface area (Å²) in [5.41, 5.74) is 1.52. The molecule has 1 saturated heterocycles. The first-order chi connectivity index (χ1) is 11.4. The van der Waals surface area contributed by atoms with Gasteiger partial charge in [0.2, 0.25) is 5.91 Å². The highest BCUT2D eigenvalue weighted by Crippen LogP contribution is 2.20. The molecule has 1 N–H and O–H groups in total. The lowest BCUT2D eigenvalue weighted by Gasteiger charge is -2.24. The summed E-state index contributed by atoms with van der Waals surface area (Å²) >= 11 is 0. The van der Waals surface area contributed by atoms with Crippen LogP contribution >= 0.6 is 0 Å². The molecule has 134 valence electrons. The molecule has 1 fully saturated rings. The van der Waals surface area contributed by atoms with Crippen molar-refractivity contribution in [2.24, 2.45) is 5.41 Å². The molecule has 4 nitrogen and oxygen atoms in total. The Morgan fingerprint density at radius 3 is 2.75 bits per heavy atom. The van der Waals surface area contributed by atoms with E-state index >= 15 is 0 Å². The van der Waals surface area contributed by atoms with Gasteiger partial charge in [0.25, 0.3) is 0 Å². The molecule has 0 aliphatic carbocycles. The van der Waals surface area contributed by atoms with E-state index in [1.807, 2.05) is 6.07 Å². The lowest BCUT2D eigenvalue weighted by atomic mass is 9.90. The summed E-state index contributed by atoms with van der Waals surface area (Å²) in [4.78, 5) is 14.4. The monoisotopic (exact) mass is 332 g/mol. The number of rotatable bonds is 6. The van der Waals surface area contributed by atoms with Crippen LogP contribution in [0.2, 0.25) is 0 Å². The number of benzene rings is 1. The lowest BCUT2D eigenvalue weighted by molar-refractivity contribution is -0.122. The van der Waals surface area contributed by atoms with E-state index in [2.05, 4.69) is 55.3 Å². The van der Waals surface area contributed by atoms with Crippen molar-refractivity contribution in [1.82, 2.24) is 10.2 Å². The molecule has 0 radical (unpaired) electrons. The Balaban J connectivity index is 1.76. The van der Waals surface area contributed by atoms with Gasteiger partial charge < -0.3 is 10.1 Å². The highest BCUT2D eigenvalue weighted by molar-refractivity contribution is 5.75. The third kappa shape index (κ3) is 7.45. The molecule has 1 aromatic carbocycles. The highest BCUT2D eigenvalue weighted by Gasteiger charge is 2.20. The molecule has 1 aliphatic rings. The first-order valence-corrected chi connectivity index (χ1v) is 9.07. The smallest absolute Gasteiger partial charge is 0.220 e. The zero-order valence-electron chi connectivity index (χ0n) is 15.4. The number of carbonyl (C=O) groups excluding carboxylic acids is 1. The summed E-state index contributed by atoms with van der Waals surface area (Å²) in [5, 5.41) is 3.05. The first kappa shape index (κ1) is 18.9. The number of hydrogen-bond acceptors (Lipinski definition) is 3. The number of nitrogens with zero attached hydrogens (tertiary/aromatic N) is 1. The van der Waals surface area contributed by atoms with Gasteiger partial charge >= 0.3 is 0 Å². The normalized spacial score (nSPS) is 19.7. The van der Waals surface area contributed by atoms with Crippen LogP contribution in [0.15, 0.2) is 30.3 Å². The zero-order chi connectivity index (χ0) is 17.4. The van der Waals surface area contributed by atoms with Crippen LogP contribution < -0.4 is 5.32 Å². The molecule has 0 bridgehead atoms. The fourth-order valence-corrected chi connectivity index (χ4v) is 2.88. The van der Waals surface area contributed by atoms with Crippen LogP contribution in [-0.4, -0.2) is 43.2 Å². The molecule has 0 aromatic heterocycles. The molecule has 24 heavy (non-hydrogen) atoms. The molecule has 0 saturated carbocycles. The largest absolute Gasteiger partial charge is 0.375 e. The van der Waals surface area contributed by atoms with Gasteiger partial charge in [-0.1, -0.05) is 51.1 Å². The summed E-state index contributed by atoms with van der Waals surface area (Å²) in [5.74, 6) is 0.132. The van der Waals surface area contributed by atoms with Gasteiger partial charge in [-0.25, -0.2) is 0 Å². The minimum atomic E-state index is 0.0785. The van der Waals surface area contributed by atoms with E-state index in [0.717, 1.165) is 39.1 Å².